The Bertz CT molecular complexity index is 1300. The van der Waals surface area contributed by atoms with Gasteiger partial charge in [-0.1, -0.05) is 57.1 Å². The van der Waals surface area contributed by atoms with Crippen LogP contribution in [0.4, 0.5) is 0 Å². The van der Waals surface area contributed by atoms with E-state index in [9.17, 15) is 9.90 Å². The summed E-state index contributed by atoms with van der Waals surface area (Å²) in [6, 6.07) is 10.3. The van der Waals surface area contributed by atoms with Gasteiger partial charge < -0.3 is 19.4 Å². The van der Waals surface area contributed by atoms with Crippen molar-refractivity contribution in [1.82, 2.24) is 24.9 Å². The second kappa shape index (κ2) is 9.58. The van der Waals surface area contributed by atoms with Crippen LogP contribution in [0.5, 0.6) is 0 Å². The fourth-order valence-electron chi connectivity index (χ4n) is 6.22. The number of hydrogen-bond acceptors (Lipinski definition) is 7. The zero-order valence-corrected chi connectivity index (χ0v) is 23.4. The Morgan fingerprint density at radius 1 is 1.08 bits per heavy atom. The minimum atomic E-state index is -1.24. The molecule has 5 rings (SSSR count). The summed E-state index contributed by atoms with van der Waals surface area (Å²) in [6.45, 7) is 13.1. The first kappa shape index (κ1) is 26.5. The van der Waals surface area contributed by atoms with Crippen LogP contribution in [0, 0.1) is 5.41 Å². The average molecular weight is 518 g/mol. The number of carbonyl (C=O) groups excluding carboxylic acids is 1. The summed E-state index contributed by atoms with van der Waals surface area (Å²) in [6.07, 6.45) is 5.01. The largest absolute Gasteiger partial charge is 0.380 e. The summed E-state index contributed by atoms with van der Waals surface area (Å²) in [7, 11) is 2.07. The highest BCUT2D eigenvalue weighted by atomic mass is 16.5. The highest BCUT2D eigenvalue weighted by Crippen LogP contribution is 2.50. The summed E-state index contributed by atoms with van der Waals surface area (Å²) in [5.74, 6) is 1.54. The number of pyridine rings is 1. The molecule has 0 aliphatic carbocycles. The fourth-order valence-corrected chi connectivity index (χ4v) is 6.22. The van der Waals surface area contributed by atoms with Gasteiger partial charge in [-0.3, -0.25) is 9.78 Å². The van der Waals surface area contributed by atoms with Gasteiger partial charge in [0.15, 0.2) is 0 Å². The maximum atomic E-state index is 12.5. The smallest absolute Gasteiger partial charge is 0.233 e. The molecule has 8 nitrogen and oxygen atoms in total. The van der Waals surface area contributed by atoms with Crippen LogP contribution in [-0.4, -0.2) is 69.2 Å². The van der Waals surface area contributed by atoms with E-state index in [4.69, 9.17) is 9.51 Å². The number of rotatable bonds is 6. The molecule has 0 bridgehead atoms. The third-order valence-corrected chi connectivity index (χ3v) is 8.78. The van der Waals surface area contributed by atoms with Crippen LogP contribution in [0.1, 0.15) is 76.0 Å². The highest BCUT2D eigenvalue weighted by molar-refractivity contribution is 5.73. The van der Waals surface area contributed by atoms with Crippen LogP contribution >= 0.6 is 0 Å². The molecular formula is C30H39N5O3. The second-order valence-corrected chi connectivity index (χ2v) is 12.2. The third kappa shape index (κ3) is 4.43. The van der Waals surface area contributed by atoms with Crippen LogP contribution in [0.15, 0.2) is 47.2 Å². The van der Waals surface area contributed by atoms with Gasteiger partial charge in [0.25, 0.3) is 0 Å². The molecule has 1 aromatic carbocycles. The molecule has 1 atom stereocenters. The second-order valence-electron chi connectivity index (χ2n) is 12.2. The van der Waals surface area contributed by atoms with E-state index in [0.29, 0.717) is 36.3 Å². The van der Waals surface area contributed by atoms with Crippen molar-refractivity contribution in [3.63, 3.8) is 0 Å². The molecular weight excluding hydrogens is 478 g/mol. The lowest BCUT2D eigenvalue weighted by Gasteiger charge is -2.55. The molecule has 1 amide bonds. The Morgan fingerprint density at radius 3 is 2.32 bits per heavy atom. The number of nitrogens with zero attached hydrogens (tertiary/aromatic N) is 5. The van der Waals surface area contributed by atoms with Crippen molar-refractivity contribution in [1.29, 1.82) is 0 Å². The van der Waals surface area contributed by atoms with E-state index in [1.807, 2.05) is 23.1 Å². The summed E-state index contributed by atoms with van der Waals surface area (Å²) in [5.41, 5.74) is 1.60. The molecule has 2 aliphatic rings. The van der Waals surface area contributed by atoms with E-state index in [0.717, 1.165) is 37.1 Å². The van der Waals surface area contributed by atoms with E-state index >= 15 is 0 Å². The van der Waals surface area contributed by atoms with Crippen LogP contribution in [0.3, 0.4) is 0 Å². The normalized spacial score (nSPS) is 20.7. The number of benzene rings is 1. The Morgan fingerprint density at radius 2 is 1.74 bits per heavy atom. The SMILES string of the molecule is CC(=O)N1CCC(C)(c2nc(-c3cncc(C(O)(c4ccc(C(C)C)cc4)C4(C)CN(C)C4)c3)no2)CC1. The molecule has 1 N–H and O–H groups in total. The predicted octanol–water partition coefficient (Wildman–Crippen LogP) is 4.34. The number of hydrogen-bond donors (Lipinski definition) is 1. The maximum absolute atomic E-state index is 12.5. The zero-order valence-electron chi connectivity index (χ0n) is 23.4. The zero-order chi connectivity index (χ0) is 27.3. The van der Waals surface area contributed by atoms with Gasteiger partial charge >= 0.3 is 0 Å². The molecule has 2 aliphatic heterocycles. The molecule has 8 heteroatoms. The van der Waals surface area contributed by atoms with Crippen molar-refractivity contribution >= 4 is 5.91 Å². The Balaban J connectivity index is 1.49. The lowest BCUT2D eigenvalue weighted by Crippen LogP contribution is -2.63. The summed E-state index contributed by atoms with van der Waals surface area (Å²) in [5, 5.41) is 16.8. The Hall–Kier alpha value is -3.10. The molecule has 2 fully saturated rings. The number of likely N-dealkylation sites (tertiary alicyclic amines) is 2. The number of piperidine rings is 1. The molecule has 0 saturated carbocycles. The summed E-state index contributed by atoms with van der Waals surface area (Å²) in [4.78, 5) is 25.1. The molecule has 2 saturated heterocycles. The standard InChI is InChI=1S/C30H39N5O3/c1-20(2)22-7-9-24(10-8-22)30(37,29(5)18-34(6)19-29)25-15-23(16-31-17-25)26-32-27(38-33-26)28(4)11-13-35(14-12-28)21(3)36/h7-10,15-17,20,37H,11-14,18-19H2,1-6H3. The van der Waals surface area contributed by atoms with Crippen molar-refractivity contribution in [2.75, 3.05) is 33.2 Å². The van der Waals surface area contributed by atoms with Crippen molar-refractivity contribution in [3.05, 3.63) is 65.3 Å². The predicted molar refractivity (Wildman–Crippen MR) is 146 cm³/mol. The van der Waals surface area contributed by atoms with Crippen LogP contribution < -0.4 is 0 Å². The van der Waals surface area contributed by atoms with Crippen molar-refractivity contribution in [3.8, 4) is 11.4 Å². The van der Waals surface area contributed by atoms with E-state index in [-0.39, 0.29) is 16.7 Å². The first-order valence-corrected chi connectivity index (χ1v) is 13.5. The van der Waals surface area contributed by atoms with E-state index < -0.39 is 5.60 Å². The molecule has 38 heavy (non-hydrogen) atoms. The highest BCUT2D eigenvalue weighted by Gasteiger charge is 2.55. The maximum Gasteiger partial charge on any atom is 0.233 e. The molecule has 3 aromatic rings. The van der Waals surface area contributed by atoms with Gasteiger partial charge in [0, 0.05) is 62.0 Å². The lowest BCUT2D eigenvalue weighted by molar-refractivity contribution is -0.130. The van der Waals surface area contributed by atoms with Crippen LogP contribution in [0.2, 0.25) is 0 Å². The molecule has 2 aromatic heterocycles. The van der Waals surface area contributed by atoms with E-state index in [1.165, 1.54) is 5.56 Å². The first-order chi connectivity index (χ1) is 17.9. The quantitative estimate of drug-likeness (QED) is 0.520. The van der Waals surface area contributed by atoms with Gasteiger partial charge in [0.05, 0.1) is 5.41 Å². The van der Waals surface area contributed by atoms with Crippen molar-refractivity contribution in [2.45, 2.75) is 64.4 Å². The lowest BCUT2D eigenvalue weighted by atomic mass is 9.62. The van der Waals surface area contributed by atoms with Gasteiger partial charge in [-0.15, -0.1) is 0 Å². The van der Waals surface area contributed by atoms with Gasteiger partial charge in [0.1, 0.15) is 5.60 Å². The van der Waals surface area contributed by atoms with E-state index in [2.05, 4.69) is 61.9 Å². The summed E-state index contributed by atoms with van der Waals surface area (Å²) < 4.78 is 5.76. The Kier molecular flexibility index (Phi) is 6.68. The van der Waals surface area contributed by atoms with Gasteiger partial charge in [-0.25, -0.2) is 0 Å². The molecule has 0 spiro atoms. The summed E-state index contributed by atoms with van der Waals surface area (Å²) >= 11 is 0. The van der Waals surface area contributed by atoms with Crippen molar-refractivity contribution in [2.24, 2.45) is 5.41 Å². The van der Waals surface area contributed by atoms with Crippen molar-refractivity contribution < 1.29 is 14.4 Å². The van der Waals surface area contributed by atoms with Gasteiger partial charge in [-0.05, 0) is 43.0 Å². The molecule has 0 radical (unpaired) electrons. The number of carbonyl (C=O) groups is 1. The van der Waals surface area contributed by atoms with Gasteiger partial charge in [0.2, 0.25) is 17.6 Å². The third-order valence-electron chi connectivity index (χ3n) is 8.78. The van der Waals surface area contributed by atoms with Crippen LogP contribution in [0.25, 0.3) is 11.4 Å². The van der Waals surface area contributed by atoms with Gasteiger partial charge in [-0.2, -0.15) is 4.98 Å². The van der Waals surface area contributed by atoms with Crippen LogP contribution in [-0.2, 0) is 15.8 Å². The fraction of sp³-hybridized carbons (Fsp3) is 0.533. The number of aliphatic hydroxyl groups is 1. The molecule has 202 valence electrons. The topological polar surface area (TPSA) is 95.6 Å². The minimum absolute atomic E-state index is 0.0962. The Labute approximate surface area is 225 Å². The number of amides is 1. The first-order valence-electron chi connectivity index (χ1n) is 13.5. The minimum Gasteiger partial charge on any atom is -0.380 e. The molecule has 4 heterocycles. The molecule has 1 unspecified atom stereocenters. The average Bonchev–Trinajstić information content (AvgIpc) is 3.39. The van der Waals surface area contributed by atoms with E-state index in [1.54, 1.807) is 19.3 Å². The monoisotopic (exact) mass is 517 g/mol. The number of aromatic nitrogens is 3.